The fraction of sp³-hybridized carbons (Fsp3) is 0.250. The van der Waals surface area contributed by atoms with E-state index < -0.39 is 28.9 Å². The molecule has 0 aliphatic rings. The summed E-state index contributed by atoms with van der Waals surface area (Å²) in [6.07, 6.45) is 1.57. The Morgan fingerprint density at radius 1 is 1.35 bits per heavy atom. The van der Waals surface area contributed by atoms with Gasteiger partial charge in [-0.2, -0.15) is 0 Å². The quantitative estimate of drug-likeness (QED) is 0.887. The zero-order valence-corrected chi connectivity index (χ0v) is 12.5. The van der Waals surface area contributed by atoms with Gasteiger partial charge < -0.3 is 14.7 Å². The molecule has 122 valence electrons. The summed E-state index contributed by atoms with van der Waals surface area (Å²) in [7, 11) is 1.47. The number of benzene rings is 1. The standard InChI is InChI=1S/C16H16F2N2O3/c1-23-7-6-20(10-12-4-2-3-5-19-12)16(22)15-13(18)8-11(17)9-14(15)21/h2-5,8-9,21H,6-7,10H2,1H3. The SMILES string of the molecule is COCCN(Cc1ccccn1)C(=O)c1c(O)cc(F)cc1F. The van der Waals surface area contributed by atoms with E-state index in [0.717, 1.165) is 0 Å². The van der Waals surface area contributed by atoms with Crippen LogP contribution < -0.4 is 0 Å². The minimum Gasteiger partial charge on any atom is -0.507 e. The number of halogens is 2. The number of aromatic hydroxyl groups is 1. The highest BCUT2D eigenvalue weighted by Gasteiger charge is 2.24. The van der Waals surface area contributed by atoms with Crippen molar-refractivity contribution in [3.05, 3.63) is 59.4 Å². The Bertz CT molecular complexity index is 657. The maximum absolute atomic E-state index is 13.9. The van der Waals surface area contributed by atoms with Crippen molar-refractivity contribution in [1.82, 2.24) is 9.88 Å². The van der Waals surface area contributed by atoms with E-state index in [9.17, 15) is 18.7 Å². The van der Waals surface area contributed by atoms with Crippen LogP contribution in [0.2, 0.25) is 0 Å². The predicted octanol–water partition coefficient (Wildman–Crippen LogP) is 2.35. The molecule has 0 saturated carbocycles. The highest BCUT2D eigenvalue weighted by molar-refractivity contribution is 5.97. The molecule has 2 rings (SSSR count). The maximum atomic E-state index is 13.9. The van der Waals surface area contributed by atoms with Crippen LogP contribution in [-0.2, 0) is 11.3 Å². The molecule has 1 N–H and O–H groups in total. The first-order valence-corrected chi connectivity index (χ1v) is 6.89. The van der Waals surface area contributed by atoms with Gasteiger partial charge in [-0.1, -0.05) is 6.07 Å². The van der Waals surface area contributed by atoms with Crippen LogP contribution in [0.5, 0.6) is 5.75 Å². The number of rotatable bonds is 6. The van der Waals surface area contributed by atoms with E-state index >= 15 is 0 Å². The van der Waals surface area contributed by atoms with E-state index in [2.05, 4.69) is 4.98 Å². The van der Waals surface area contributed by atoms with Crippen LogP contribution in [0, 0.1) is 11.6 Å². The van der Waals surface area contributed by atoms with Gasteiger partial charge in [-0.05, 0) is 12.1 Å². The highest BCUT2D eigenvalue weighted by Crippen LogP contribution is 2.24. The van der Waals surface area contributed by atoms with Crippen molar-refractivity contribution in [1.29, 1.82) is 0 Å². The second-order valence-corrected chi connectivity index (χ2v) is 4.82. The summed E-state index contributed by atoms with van der Waals surface area (Å²) in [6, 6.07) is 6.47. The summed E-state index contributed by atoms with van der Waals surface area (Å²) < 4.78 is 31.9. The molecular weight excluding hydrogens is 306 g/mol. The molecule has 0 aliphatic heterocycles. The Balaban J connectivity index is 2.30. The zero-order valence-electron chi connectivity index (χ0n) is 12.5. The van der Waals surface area contributed by atoms with Crippen molar-refractivity contribution in [2.75, 3.05) is 20.3 Å². The van der Waals surface area contributed by atoms with Crippen molar-refractivity contribution >= 4 is 5.91 Å². The van der Waals surface area contributed by atoms with Crippen molar-refractivity contribution in [2.45, 2.75) is 6.54 Å². The molecule has 0 radical (unpaired) electrons. The molecule has 0 fully saturated rings. The van der Waals surface area contributed by atoms with E-state index in [-0.39, 0.29) is 19.7 Å². The van der Waals surface area contributed by atoms with Crippen LogP contribution in [0.25, 0.3) is 0 Å². The van der Waals surface area contributed by atoms with Crippen molar-refractivity contribution in [3.8, 4) is 5.75 Å². The molecule has 1 heterocycles. The Hall–Kier alpha value is -2.54. The lowest BCUT2D eigenvalue weighted by Crippen LogP contribution is -2.34. The third-order valence-electron chi connectivity index (χ3n) is 3.18. The Morgan fingerprint density at radius 2 is 2.13 bits per heavy atom. The molecule has 1 amide bonds. The molecule has 0 aliphatic carbocycles. The fourth-order valence-electron chi connectivity index (χ4n) is 2.07. The van der Waals surface area contributed by atoms with Gasteiger partial charge in [0, 0.05) is 32.0 Å². The molecule has 0 saturated heterocycles. The van der Waals surface area contributed by atoms with E-state index in [0.29, 0.717) is 17.8 Å². The van der Waals surface area contributed by atoms with Crippen LogP contribution >= 0.6 is 0 Å². The number of pyridine rings is 1. The fourth-order valence-corrected chi connectivity index (χ4v) is 2.07. The molecule has 7 heteroatoms. The van der Waals surface area contributed by atoms with Gasteiger partial charge in [0.1, 0.15) is 22.9 Å². The smallest absolute Gasteiger partial charge is 0.261 e. The second-order valence-electron chi connectivity index (χ2n) is 4.82. The summed E-state index contributed by atoms with van der Waals surface area (Å²) in [5.74, 6) is -3.57. The first-order chi connectivity index (χ1) is 11.0. The molecule has 1 aromatic carbocycles. The van der Waals surface area contributed by atoms with Gasteiger partial charge in [-0.15, -0.1) is 0 Å². The summed E-state index contributed by atoms with van der Waals surface area (Å²) >= 11 is 0. The molecule has 23 heavy (non-hydrogen) atoms. The zero-order chi connectivity index (χ0) is 16.8. The average molecular weight is 322 g/mol. The number of methoxy groups -OCH3 is 1. The van der Waals surface area contributed by atoms with Gasteiger partial charge in [0.05, 0.1) is 18.8 Å². The second kappa shape index (κ2) is 7.64. The molecule has 0 spiro atoms. The van der Waals surface area contributed by atoms with E-state index in [1.54, 1.807) is 24.4 Å². The molecule has 0 unspecified atom stereocenters. The molecular formula is C16H16F2N2O3. The number of aromatic nitrogens is 1. The first-order valence-electron chi connectivity index (χ1n) is 6.89. The maximum Gasteiger partial charge on any atom is 0.261 e. The molecule has 2 aromatic rings. The van der Waals surface area contributed by atoms with Gasteiger partial charge in [0.15, 0.2) is 0 Å². The van der Waals surface area contributed by atoms with E-state index in [1.807, 2.05) is 0 Å². The summed E-state index contributed by atoms with van der Waals surface area (Å²) in [5.41, 5.74) is 0.0254. The average Bonchev–Trinajstić information content (AvgIpc) is 2.51. The van der Waals surface area contributed by atoms with Gasteiger partial charge >= 0.3 is 0 Å². The lowest BCUT2D eigenvalue weighted by Gasteiger charge is -2.22. The minimum atomic E-state index is -1.11. The number of ether oxygens (including phenoxy) is 1. The van der Waals surface area contributed by atoms with Crippen molar-refractivity contribution in [3.63, 3.8) is 0 Å². The van der Waals surface area contributed by atoms with Gasteiger partial charge in [-0.3, -0.25) is 9.78 Å². The summed E-state index contributed by atoms with van der Waals surface area (Å²) in [6.45, 7) is 0.504. The number of carbonyl (C=O) groups excluding carboxylic acids is 1. The minimum absolute atomic E-state index is 0.110. The third-order valence-corrected chi connectivity index (χ3v) is 3.18. The number of amides is 1. The molecule has 0 atom stereocenters. The lowest BCUT2D eigenvalue weighted by molar-refractivity contribution is 0.0670. The molecule has 0 bridgehead atoms. The monoisotopic (exact) mass is 322 g/mol. The topological polar surface area (TPSA) is 62.7 Å². The number of nitrogens with zero attached hydrogens (tertiary/aromatic N) is 2. The van der Waals surface area contributed by atoms with Crippen LogP contribution in [-0.4, -0.2) is 41.2 Å². The third kappa shape index (κ3) is 4.23. The number of hydrogen-bond donors (Lipinski definition) is 1. The molecule has 1 aromatic heterocycles. The Kier molecular flexibility index (Phi) is 5.59. The lowest BCUT2D eigenvalue weighted by atomic mass is 10.1. The Labute approximate surface area is 132 Å². The van der Waals surface area contributed by atoms with Crippen molar-refractivity contribution in [2.24, 2.45) is 0 Å². The molecule has 5 nitrogen and oxygen atoms in total. The summed E-state index contributed by atoms with van der Waals surface area (Å²) in [5, 5.41) is 9.71. The summed E-state index contributed by atoms with van der Waals surface area (Å²) in [4.78, 5) is 17.9. The van der Waals surface area contributed by atoms with Crippen LogP contribution in [0.4, 0.5) is 8.78 Å². The van der Waals surface area contributed by atoms with Gasteiger partial charge in [0.25, 0.3) is 5.91 Å². The van der Waals surface area contributed by atoms with Crippen LogP contribution in [0.15, 0.2) is 36.5 Å². The van der Waals surface area contributed by atoms with Gasteiger partial charge in [0.2, 0.25) is 0 Å². The predicted molar refractivity (Wildman–Crippen MR) is 78.9 cm³/mol. The normalized spacial score (nSPS) is 10.6. The number of carbonyl (C=O) groups is 1. The van der Waals surface area contributed by atoms with E-state index in [4.69, 9.17) is 4.74 Å². The number of phenols is 1. The largest absolute Gasteiger partial charge is 0.507 e. The number of hydrogen-bond acceptors (Lipinski definition) is 4. The number of phenolic OH excluding ortho intramolecular Hbond substituents is 1. The van der Waals surface area contributed by atoms with Gasteiger partial charge in [-0.25, -0.2) is 8.78 Å². The highest BCUT2D eigenvalue weighted by atomic mass is 19.1. The Morgan fingerprint density at radius 3 is 2.74 bits per heavy atom. The van der Waals surface area contributed by atoms with Crippen LogP contribution in [0.1, 0.15) is 16.1 Å². The van der Waals surface area contributed by atoms with Crippen LogP contribution in [0.3, 0.4) is 0 Å². The first kappa shape index (κ1) is 16.8. The van der Waals surface area contributed by atoms with E-state index in [1.165, 1.54) is 12.0 Å². The van der Waals surface area contributed by atoms with Crippen molar-refractivity contribution < 1.29 is 23.4 Å².